The standard InChI is InChI=1S/C15H22ClNO3/c1-4-12(8-9-18)17-14(19)15(2,3)20-13-7-5-6-11(16)10-13/h5-7,10,12,18H,4,8-9H2,1-3H3,(H,17,19). The third kappa shape index (κ3) is 5.02. The summed E-state index contributed by atoms with van der Waals surface area (Å²) in [5.74, 6) is 0.339. The first kappa shape index (κ1) is 16.8. The maximum Gasteiger partial charge on any atom is 0.263 e. The lowest BCUT2D eigenvalue weighted by molar-refractivity contribution is -0.135. The van der Waals surface area contributed by atoms with Gasteiger partial charge in [-0.05, 0) is 44.9 Å². The van der Waals surface area contributed by atoms with Crippen molar-refractivity contribution in [2.24, 2.45) is 0 Å². The number of nitrogens with one attached hydrogen (secondary N) is 1. The van der Waals surface area contributed by atoms with Crippen molar-refractivity contribution < 1.29 is 14.6 Å². The minimum absolute atomic E-state index is 0.0465. The lowest BCUT2D eigenvalue weighted by Gasteiger charge is -2.28. The van der Waals surface area contributed by atoms with Crippen molar-refractivity contribution in [2.45, 2.75) is 45.3 Å². The van der Waals surface area contributed by atoms with Crippen LogP contribution in [0.3, 0.4) is 0 Å². The quantitative estimate of drug-likeness (QED) is 0.814. The van der Waals surface area contributed by atoms with Crippen LogP contribution in [0, 0.1) is 0 Å². The maximum absolute atomic E-state index is 12.2. The van der Waals surface area contributed by atoms with E-state index < -0.39 is 5.60 Å². The predicted octanol–water partition coefficient (Wildman–Crippen LogP) is 2.77. The number of hydrogen-bond donors (Lipinski definition) is 2. The Morgan fingerprint density at radius 2 is 2.20 bits per heavy atom. The number of halogens is 1. The zero-order valence-electron chi connectivity index (χ0n) is 12.1. The zero-order chi connectivity index (χ0) is 15.2. The molecule has 1 aromatic rings. The van der Waals surface area contributed by atoms with E-state index in [0.717, 1.165) is 6.42 Å². The van der Waals surface area contributed by atoms with E-state index in [1.807, 2.05) is 6.92 Å². The Morgan fingerprint density at radius 1 is 1.50 bits per heavy atom. The molecule has 0 aromatic heterocycles. The number of aliphatic hydroxyl groups excluding tert-OH is 1. The van der Waals surface area contributed by atoms with Crippen molar-refractivity contribution in [3.05, 3.63) is 29.3 Å². The van der Waals surface area contributed by atoms with Crippen LogP contribution in [0.25, 0.3) is 0 Å². The average molecular weight is 300 g/mol. The average Bonchev–Trinajstić information content (AvgIpc) is 2.37. The monoisotopic (exact) mass is 299 g/mol. The fraction of sp³-hybridized carbons (Fsp3) is 0.533. The number of ether oxygens (including phenoxy) is 1. The van der Waals surface area contributed by atoms with E-state index in [9.17, 15) is 4.79 Å². The predicted molar refractivity (Wildman–Crippen MR) is 80.1 cm³/mol. The van der Waals surface area contributed by atoms with Gasteiger partial charge in [-0.2, -0.15) is 0 Å². The summed E-state index contributed by atoms with van der Waals surface area (Å²) in [5.41, 5.74) is -1.01. The Labute approximate surface area is 125 Å². The van der Waals surface area contributed by atoms with Gasteiger partial charge in [0.1, 0.15) is 5.75 Å². The first-order chi connectivity index (χ1) is 9.39. The molecule has 1 amide bonds. The van der Waals surface area contributed by atoms with Crippen LogP contribution in [0.15, 0.2) is 24.3 Å². The number of carbonyl (C=O) groups is 1. The minimum Gasteiger partial charge on any atom is -0.478 e. The molecule has 1 rings (SSSR count). The lowest BCUT2D eigenvalue weighted by atomic mass is 10.1. The van der Waals surface area contributed by atoms with Crippen LogP contribution >= 0.6 is 11.6 Å². The van der Waals surface area contributed by atoms with Crippen molar-refractivity contribution in [1.82, 2.24) is 5.32 Å². The highest BCUT2D eigenvalue weighted by Gasteiger charge is 2.31. The fourth-order valence-electron chi connectivity index (χ4n) is 1.76. The Morgan fingerprint density at radius 3 is 2.75 bits per heavy atom. The number of aliphatic hydroxyl groups is 1. The van der Waals surface area contributed by atoms with Gasteiger partial charge >= 0.3 is 0 Å². The molecular weight excluding hydrogens is 278 g/mol. The van der Waals surface area contributed by atoms with Gasteiger partial charge in [0.15, 0.2) is 5.60 Å². The maximum atomic E-state index is 12.2. The molecule has 20 heavy (non-hydrogen) atoms. The second kappa shape index (κ2) is 7.50. The Balaban J connectivity index is 2.69. The van der Waals surface area contributed by atoms with Gasteiger partial charge in [0.2, 0.25) is 0 Å². The van der Waals surface area contributed by atoms with E-state index in [2.05, 4.69) is 5.32 Å². The fourth-order valence-corrected chi connectivity index (χ4v) is 1.95. The topological polar surface area (TPSA) is 58.6 Å². The number of carbonyl (C=O) groups excluding carboxylic acids is 1. The molecule has 0 saturated heterocycles. The second-order valence-corrected chi connectivity index (χ2v) is 5.60. The lowest BCUT2D eigenvalue weighted by Crippen LogP contribution is -2.50. The first-order valence-corrected chi connectivity index (χ1v) is 7.13. The molecule has 0 aliphatic carbocycles. The first-order valence-electron chi connectivity index (χ1n) is 6.75. The van der Waals surface area contributed by atoms with Crippen LogP contribution in [-0.4, -0.2) is 29.3 Å². The third-order valence-electron chi connectivity index (χ3n) is 3.02. The van der Waals surface area contributed by atoms with E-state index in [1.54, 1.807) is 38.1 Å². The van der Waals surface area contributed by atoms with Crippen molar-refractivity contribution in [3.8, 4) is 5.75 Å². The number of rotatable bonds is 7. The highest BCUT2D eigenvalue weighted by Crippen LogP contribution is 2.22. The second-order valence-electron chi connectivity index (χ2n) is 5.16. The Hall–Kier alpha value is -1.26. The van der Waals surface area contributed by atoms with Crippen LogP contribution < -0.4 is 10.1 Å². The van der Waals surface area contributed by atoms with Gasteiger partial charge in [-0.15, -0.1) is 0 Å². The van der Waals surface area contributed by atoms with Crippen LogP contribution in [-0.2, 0) is 4.79 Å². The molecule has 0 heterocycles. The molecule has 0 fully saturated rings. The van der Waals surface area contributed by atoms with Crippen molar-refractivity contribution in [3.63, 3.8) is 0 Å². The van der Waals surface area contributed by atoms with Crippen molar-refractivity contribution in [2.75, 3.05) is 6.61 Å². The molecule has 0 radical (unpaired) electrons. The molecule has 0 aliphatic rings. The van der Waals surface area contributed by atoms with E-state index in [0.29, 0.717) is 17.2 Å². The largest absolute Gasteiger partial charge is 0.478 e. The molecule has 5 heteroatoms. The van der Waals surface area contributed by atoms with Crippen LogP contribution in [0.4, 0.5) is 0 Å². The number of hydrogen-bond acceptors (Lipinski definition) is 3. The molecule has 1 atom stereocenters. The summed E-state index contributed by atoms with van der Waals surface area (Å²) in [6.07, 6.45) is 1.30. The summed E-state index contributed by atoms with van der Waals surface area (Å²) >= 11 is 5.89. The summed E-state index contributed by atoms with van der Waals surface area (Å²) in [7, 11) is 0. The minimum atomic E-state index is -1.01. The van der Waals surface area contributed by atoms with Gasteiger partial charge in [0, 0.05) is 17.7 Å². The van der Waals surface area contributed by atoms with Gasteiger partial charge in [0.25, 0.3) is 5.91 Å². The molecule has 0 aliphatic heterocycles. The van der Waals surface area contributed by atoms with Crippen LogP contribution in [0.2, 0.25) is 5.02 Å². The molecule has 0 saturated carbocycles. The van der Waals surface area contributed by atoms with Crippen LogP contribution in [0.1, 0.15) is 33.6 Å². The van der Waals surface area contributed by atoms with Gasteiger partial charge in [-0.25, -0.2) is 0 Å². The van der Waals surface area contributed by atoms with Crippen LogP contribution in [0.5, 0.6) is 5.75 Å². The summed E-state index contributed by atoms with van der Waals surface area (Å²) in [6, 6.07) is 6.89. The van der Waals surface area contributed by atoms with Gasteiger partial charge in [-0.3, -0.25) is 4.79 Å². The highest BCUT2D eigenvalue weighted by atomic mass is 35.5. The summed E-state index contributed by atoms with van der Waals surface area (Å²) < 4.78 is 5.71. The van der Waals surface area contributed by atoms with Gasteiger partial charge in [0.05, 0.1) is 0 Å². The van der Waals surface area contributed by atoms with Crippen molar-refractivity contribution in [1.29, 1.82) is 0 Å². The van der Waals surface area contributed by atoms with Gasteiger partial charge in [-0.1, -0.05) is 24.6 Å². The number of amides is 1. The molecule has 2 N–H and O–H groups in total. The van der Waals surface area contributed by atoms with E-state index in [-0.39, 0.29) is 18.6 Å². The molecule has 1 aromatic carbocycles. The zero-order valence-corrected chi connectivity index (χ0v) is 12.9. The molecular formula is C15H22ClNO3. The molecule has 112 valence electrons. The highest BCUT2D eigenvalue weighted by molar-refractivity contribution is 6.30. The number of benzene rings is 1. The molecule has 0 spiro atoms. The van der Waals surface area contributed by atoms with Gasteiger partial charge < -0.3 is 15.2 Å². The summed E-state index contributed by atoms with van der Waals surface area (Å²) in [4.78, 5) is 12.2. The van der Waals surface area contributed by atoms with E-state index >= 15 is 0 Å². The Bertz CT molecular complexity index is 448. The molecule has 1 unspecified atom stereocenters. The smallest absolute Gasteiger partial charge is 0.263 e. The van der Waals surface area contributed by atoms with E-state index in [1.165, 1.54) is 0 Å². The molecule has 4 nitrogen and oxygen atoms in total. The van der Waals surface area contributed by atoms with E-state index in [4.69, 9.17) is 21.4 Å². The molecule has 0 bridgehead atoms. The normalized spacial score (nSPS) is 12.8. The Kier molecular flexibility index (Phi) is 6.30. The summed E-state index contributed by atoms with van der Waals surface area (Å²) in [6.45, 7) is 5.42. The SMILES string of the molecule is CCC(CCO)NC(=O)C(C)(C)Oc1cccc(Cl)c1. The summed E-state index contributed by atoms with van der Waals surface area (Å²) in [5, 5.41) is 12.4. The third-order valence-corrected chi connectivity index (χ3v) is 3.26. The van der Waals surface area contributed by atoms with Crippen molar-refractivity contribution >= 4 is 17.5 Å².